The largest absolute Gasteiger partial charge is 0.383 e. The van der Waals surface area contributed by atoms with Crippen LogP contribution in [0.3, 0.4) is 0 Å². The van der Waals surface area contributed by atoms with Gasteiger partial charge in [-0.25, -0.2) is 4.39 Å². The third kappa shape index (κ3) is 2.53. The third-order valence-corrected chi connectivity index (χ3v) is 5.08. The van der Waals surface area contributed by atoms with Gasteiger partial charge < -0.3 is 5.32 Å². The van der Waals surface area contributed by atoms with Gasteiger partial charge in [0.15, 0.2) is 5.78 Å². The van der Waals surface area contributed by atoms with Crippen LogP contribution in [0, 0.1) is 5.82 Å². The standard InChI is InChI=1S/C14H18FNOS/c1-10(17)13-11(15)5-3-6-12(13)16-9-14(18-2)7-4-8-14/h3,5-6,16H,4,7-9H2,1-2H3. The van der Waals surface area contributed by atoms with Crippen LogP contribution < -0.4 is 5.32 Å². The Hall–Kier alpha value is -1.03. The Labute approximate surface area is 111 Å². The lowest BCUT2D eigenvalue weighted by Crippen LogP contribution is -2.40. The normalized spacial score (nSPS) is 17.1. The first-order valence-corrected chi connectivity index (χ1v) is 7.39. The molecule has 2 nitrogen and oxygen atoms in total. The Morgan fingerprint density at radius 2 is 2.22 bits per heavy atom. The lowest BCUT2D eigenvalue weighted by molar-refractivity contribution is 0.101. The second-order valence-electron chi connectivity index (χ2n) is 4.81. The van der Waals surface area contributed by atoms with Crippen LogP contribution in [-0.2, 0) is 0 Å². The molecule has 1 aromatic rings. The van der Waals surface area contributed by atoms with Crippen LogP contribution in [-0.4, -0.2) is 23.3 Å². The first-order valence-electron chi connectivity index (χ1n) is 6.16. The zero-order chi connectivity index (χ0) is 13.2. The van der Waals surface area contributed by atoms with E-state index in [1.165, 1.54) is 32.3 Å². The zero-order valence-corrected chi connectivity index (χ0v) is 11.6. The van der Waals surface area contributed by atoms with E-state index in [9.17, 15) is 9.18 Å². The summed E-state index contributed by atoms with van der Waals surface area (Å²) in [6.07, 6.45) is 5.74. The monoisotopic (exact) mass is 267 g/mol. The van der Waals surface area contributed by atoms with Crippen LogP contribution in [0.2, 0.25) is 0 Å². The predicted molar refractivity (Wildman–Crippen MR) is 75.0 cm³/mol. The average Bonchev–Trinajstić information content (AvgIpc) is 2.27. The summed E-state index contributed by atoms with van der Waals surface area (Å²) in [5.41, 5.74) is 0.788. The van der Waals surface area contributed by atoms with Gasteiger partial charge in [-0.15, -0.1) is 0 Å². The molecule has 0 heterocycles. The predicted octanol–water partition coefficient (Wildman–Crippen LogP) is 3.73. The molecule has 1 fully saturated rings. The molecule has 1 aliphatic carbocycles. The average molecular weight is 267 g/mol. The summed E-state index contributed by atoms with van der Waals surface area (Å²) in [4.78, 5) is 11.5. The molecule has 1 N–H and O–H groups in total. The summed E-state index contributed by atoms with van der Waals surface area (Å²) in [6, 6.07) is 4.73. The van der Waals surface area contributed by atoms with E-state index in [1.54, 1.807) is 12.1 Å². The third-order valence-electron chi connectivity index (χ3n) is 3.66. The highest BCUT2D eigenvalue weighted by Gasteiger charge is 2.36. The summed E-state index contributed by atoms with van der Waals surface area (Å²) in [5.74, 6) is -0.679. The Morgan fingerprint density at radius 3 is 2.72 bits per heavy atom. The minimum Gasteiger partial charge on any atom is -0.383 e. The van der Waals surface area contributed by atoms with Gasteiger partial charge in [-0.1, -0.05) is 12.5 Å². The molecule has 1 saturated carbocycles. The Bertz CT molecular complexity index is 452. The summed E-state index contributed by atoms with van der Waals surface area (Å²) in [5, 5.41) is 3.25. The molecule has 0 radical (unpaired) electrons. The number of hydrogen-bond acceptors (Lipinski definition) is 3. The van der Waals surface area contributed by atoms with E-state index >= 15 is 0 Å². The van der Waals surface area contributed by atoms with Crippen LogP contribution in [0.15, 0.2) is 18.2 Å². The van der Waals surface area contributed by atoms with Gasteiger partial charge in [0.25, 0.3) is 0 Å². The van der Waals surface area contributed by atoms with Gasteiger partial charge in [-0.05, 0) is 38.2 Å². The number of nitrogens with one attached hydrogen (secondary N) is 1. The van der Waals surface area contributed by atoms with E-state index in [-0.39, 0.29) is 16.1 Å². The maximum Gasteiger partial charge on any atom is 0.164 e. The van der Waals surface area contributed by atoms with E-state index in [4.69, 9.17) is 0 Å². The first-order chi connectivity index (χ1) is 8.58. The quantitative estimate of drug-likeness (QED) is 0.824. The SMILES string of the molecule is CSC1(CNc2cccc(F)c2C(C)=O)CCC1. The van der Waals surface area contributed by atoms with Gasteiger partial charge in [0.05, 0.1) is 5.56 Å². The molecule has 0 amide bonds. The van der Waals surface area contributed by atoms with Crippen LogP contribution in [0.1, 0.15) is 36.5 Å². The number of carbonyl (C=O) groups is 1. The highest BCUT2D eigenvalue weighted by atomic mass is 32.2. The Kier molecular flexibility index (Phi) is 3.95. The molecule has 1 aromatic carbocycles. The summed E-state index contributed by atoms with van der Waals surface area (Å²) < 4.78 is 13.9. The van der Waals surface area contributed by atoms with Gasteiger partial charge in [0.2, 0.25) is 0 Å². The highest BCUT2D eigenvalue weighted by Crippen LogP contribution is 2.42. The fourth-order valence-corrected chi connectivity index (χ4v) is 3.22. The summed E-state index contributed by atoms with van der Waals surface area (Å²) in [6.45, 7) is 2.19. The van der Waals surface area contributed by atoms with Gasteiger partial charge >= 0.3 is 0 Å². The molecule has 2 rings (SSSR count). The molecule has 0 spiro atoms. The second-order valence-corrected chi connectivity index (χ2v) is 6.09. The zero-order valence-electron chi connectivity index (χ0n) is 10.8. The van der Waals surface area contributed by atoms with E-state index in [2.05, 4.69) is 11.6 Å². The van der Waals surface area contributed by atoms with Crippen molar-refractivity contribution < 1.29 is 9.18 Å². The van der Waals surface area contributed by atoms with E-state index in [0.717, 1.165) is 6.54 Å². The van der Waals surface area contributed by atoms with Gasteiger partial charge in [0.1, 0.15) is 5.82 Å². The number of Topliss-reactive ketones (excluding diaryl/α,β-unsaturated/α-hetero) is 1. The second kappa shape index (κ2) is 5.31. The fraction of sp³-hybridized carbons (Fsp3) is 0.500. The maximum absolute atomic E-state index is 13.6. The van der Waals surface area contributed by atoms with Crippen LogP contribution >= 0.6 is 11.8 Å². The number of anilines is 1. The topological polar surface area (TPSA) is 29.1 Å². The van der Waals surface area contributed by atoms with Gasteiger partial charge in [0, 0.05) is 17.0 Å². The number of rotatable bonds is 5. The number of thioether (sulfide) groups is 1. The van der Waals surface area contributed by atoms with E-state index in [1.807, 2.05) is 11.8 Å². The van der Waals surface area contributed by atoms with Crippen LogP contribution in [0.4, 0.5) is 10.1 Å². The molecule has 0 aliphatic heterocycles. The first kappa shape index (κ1) is 13.4. The molecular weight excluding hydrogens is 249 g/mol. The van der Waals surface area contributed by atoms with Crippen molar-refractivity contribution in [2.75, 3.05) is 18.1 Å². The van der Waals surface area contributed by atoms with Crippen molar-refractivity contribution in [1.82, 2.24) is 0 Å². The number of halogens is 1. The minimum atomic E-state index is -0.445. The molecule has 4 heteroatoms. The van der Waals surface area contributed by atoms with Crippen molar-refractivity contribution in [3.05, 3.63) is 29.6 Å². The summed E-state index contributed by atoms with van der Waals surface area (Å²) in [7, 11) is 0. The number of ketones is 1. The van der Waals surface area contributed by atoms with Crippen molar-refractivity contribution in [3.8, 4) is 0 Å². The van der Waals surface area contributed by atoms with Crippen LogP contribution in [0.5, 0.6) is 0 Å². The number of carbonyl (C=O) groups excluding carboxylic acids is 1. The van der Waals surface area contributed by atoms with Crippen molar-refractivity contribution >= 4 is 23.2 Å². The van der Waals surface area contributed by atoms with Gasteiger partial charge in [-0.2, -0.15) is 11.8 Å². The molecule has 0 saturated heterocycles. The molecule has 0 atom stereocenters. The molecule has 18 heavy (non-hydrogen) atoms. The lowest BCUT2D eigenvalue weighted by Gasteiger charge is -2.40. The minimum absolute atomic E-state index is 0.174. The number of hydrogen-bond donors (Lipinski definition) is 1. The summed E-state index contributed by atoms with van der Waals surface area (Å²) >= 11 is 1.86. The van der Waals surface area contributed by atoms with E-state index in [0.29, 0.717) is 5.69 Å². The van der Waals surface area contributed by atoms with Crippen molar-refractivity contribution in [2.24, 2.45) is 0 Å². The van der Waals surface area contributed by atoms with Crippen molar-refractivity contribution in [2.45, 2.75) is 30.9 Å². The van der Waals surface area contributed by atoms with Gasteiger partial charge in [-0.3, -0.25) is 4.79 Å². The molecule has 0 aromatic heterocycles. The fourth-order valence-electron chi connectivity index (χ4n) is 2.31. The molecule has 1 aliphatic rings. The molecule has 0 bridgehead atoms. The van der Waals surface area contributed by atoms with E-state index < -0.39 is 5.82 Å². The Balaban J connectivity index is 2.14. The molecular formula is C14H18FNOS. The van der Waals surface area contributed by atoms with Crippen molar-refractivity contribution in [1.29, 1.82) is 0 Å². The Morgan fingerprint density at radius 1 is 1.50 bits per heavy atom. The smallest absolute Gasteiger partial charge is 0.164 e. The van der Waals surface area contributed by atoms with Crippen molar-refractivity contribution in [3.63, 3.8) is 0 Å². The highest BCUT2D eigenvalue weighted by molar-refractivity contribution is 8.00. The lowest BCUT2D eigenvalue weighted by atomic mass is 9.84. The maximum atomic E-state index is 13.6. The number of benzene rings is 1. The molecule has 0 unspecified atom stereocenters. The molecule has 98 valence electrons. The van der Waals surface area contributed by atoms with Crippen LogP contribution in [0.25, 0.3) is 0 Å².